The number of rotatable bonds is 3. The minimum atomic E-state index is -0.412. The fourth-order valence-corrected chi connectivity index (χ4v) is 3.99. The molecule has 4 atom stereocenters. The summed E-state index contributed by atoms with van der Waals surface area (Å²) < 4.78 is 0. The topological polar surface area (TPSA) is 23.2 Å². The minimum absolute atomic E-state index is 0.260. The van der Waals surface area contributed by atoms with Crippen molar-refractivity contribution in [3.63, 3.8) is 0 Å². The highest BCUT2D eigenvalue weighted by Gasteiger charge is 2.54. The first-order chi connectivity index (χ1) is 8.79. The van der Waals surface area contributed by atoms with Crippen LogP contribution < -0.4 is 0 Å². The van der Waals surface area contributed by atoms with Crippen molar-refractivity contribution in [3.05, 3.63) is 35.9 Å². The van der Waals surface area contributed by atoms with Gasteiger partial charge in [0.25, 0.3) is 0 Å². The number of benzene rings is 1. The molecule has 0 spiro atoms. The highest BCUT2D eigenvalue weighted by molar-refractivity contribution is 9.09. The van der Waals surface area contributed by atoms with Crippen molar-refractivity contribution in [2.75, 3.05) is 0 Å². The third-order valence-corrected chi connectivity index (χ3v) is 4.86. The first-order valence-corrected chi connectivity index (χ1v) is 7.85. The lowest BCUT2D eigenvalue weighted by atomic mass is 9.95. The Hall–Kier alpha value is -0.380. The molecule has 1 aromatic rings. The normalized spacial score (nSPS) is 34.2. The van der Waals surface area contributed by atoms with Crippen LogP contribution in [0.15, 0.2) is 30.3 Å². The fourth-order valence-electron chi connectivity index (χ4n) is 3.43. The zero-order valence-corrected chi connectivity index (χ0v) is 12.1. The number of alkyl halides is 1. The molecular weight excluding hydrogens is 290 g/mol. The molecule has 1 heterocycles. The zero-order chi connectivity index (χ0) is 12.5. The van der Waals surface area contributed by atoms with Crippen LogP contribution in [-0.4, -0.2) is 27.1 Å². The second kappa shape index (κ2) is 5.32. The fraction of sp³-hybridized carbons (Fsp3) is 0.600. The van der Waals surface area contributed by atoms with Crippen LogP contribution >= 0.6 is 15.9 Å². The minimum Gasteiger partial charge on any atom is -0.380 e. The summed E-state index contributed by atoms with van der Waals surface area (Å²) in [6, 6.07) is 11.9. The molecule has 0 aromatic heterocycles. The Balaban J connectivity index is 1.77. The van der Waals surface area contributed by atoms with E-state index >= 15 is 0 Å². The maximum absolute atomic E-state index is 9.90. The second-order valence-corrected chi connectivity index (χ2v) is 6.40. The maximum Gasteiger partial charge on any atom is 0.126 e. The summed E-state index contributed by atoms with van der Waals surface area (Å²) in [5, 5.41) is 9.49. The molecular formula is C15H20BrNO. The summed E-state index contributed by atoms with van der Waals surface area (Å²) in [4.78, 5) is 2.51. The van der Waals surface area contributed by atoms with Gasteiger partial charge >= 0.3 is 0 Å². The Morgan fingerprint density at radius 1 is 1.11 bits per heavy atom. The number of aliphatic hydroxyl groups excluding tert-OH is 1. The average Bonchev–Trinajstić information content (AvgIpc) is 3.16. The second-order valence-electron chi connectivity index (χ2n) is 5.46. The summed E-state index contributed by atoms with van der Waals surface area (Å²) >= 11 is 3.36. The van der Waals surface area contributed by atoms with E-state index in [-0.39, 0.29) is 6.04 Å². The van der Waals surface area contributed by atoms with Crippen molar-refractivity contribution in [1.82, 2.24) is 4.90 Å². The molecule has 3 heteroatoms. The van der Waals surface area contributed by atoms with E-state index in [4.69, 9.17) is 0 Å². The van der Waals surface area contributed by atoms with Gasteiger partial charge in [0.15, 0.2) is 0 Å². The molecule has 98 valence electrons. The van der Waals surface area contributed by atoms with Gasteiger partial charge in [-0.05, 0) is 18.4 Å². The summed E-state index contributed by atoms with van der Waals surface area (Å²) in [5.74, 6) is 0. The molecule has 2 fully saturated rings. The SMILES string of the molecule is O[C@@H](Br)[C@@H]1[C@@H](c2ccccc2)N1C1CCCCC1. The van der Waals surface area contributed by atoms with E-state index in [1.165, 1.54) is 37.7 Å². The van der Waals surface area contributed by atoms with Crippen molar-refractivity contribution in [1.29, 1.82) is 0 Å². The van der Waals surface area contributed by atoms with E-state index in [0.29, 0.717) is 12.1 Å². The predicted molar refractivity (Wildman–Crippen MR) is 76.6 cm³/mol. The largest absolute Gasteiger partial charge is 0.380 e. The Bertz CT molecular complexity index is 389. The van der Waals surface area contributed by atoms with E-state index in [1.54, 1.807) is 0 Å². The zero-order valence-electron chi connectivity index (χ0n) is 10.5. The van der Waals surface area contributed by atoms with Gasteiger partial charge in [0.2, 0.25) is 0 Å². The van der Waals surface area contributed by atoms with E-state index in [0.717, 1.165) is 0 Å². The first-order valence-electron chi connectivity index (χ1n) is 6.93. The molecule has 2 aliphatic rings. The average molecular weight is 310 g/mol. The Morgan fingerprint density at radius 2 is 1.78 bits per heavy atom. The van der Waals surface area contributed by atoms with Crippen LogP contribution in [-0.2, 0) is 0 Å². The molecule has 1 saturated carbocycles. The molecule has 1 aliphatic carbocycles. The van der Waals surface area contributed by atoms with Crippen LogP contribution in [0, 0.1) is 0 Å². The van der Waals surface area contributed by atoms with Crippen LogP contribution in [0.2, 0.25) is 0 Å². The quantitative estimate of drug-likeness (QED) is 0.682. The number of aliphatic hydroxyl groups is 1. The number of hydrogen-bond acceptors (Lipinski definition) is 2. The van der Waals surface area contributed by atoms with Crippen molar-refractivity contribution >= 4 is 15.9 Å². The Morgan fingerprint density at radius 3 is 2.39 bits per heavy atom. The van der Waals surface area contributed by atoms with Gasteiger partial charge in [-0.25, -0.2) is 0 Å². The van der Waals surface area contributed by atoms with E-state index in [2.05, 4.69) is 51.2 Å². The van der Waals surface area contributed by atoms with E-state index in [1.807, 2.05) is 0 Å². The van der Waals surface area contributed by atoms with Gasteiger partial charge in [0, 0.05) is 6.04 Å². The third kappa shape index (κ3) is 2.36. The molecule has 3 rings (SSSR count). The summed E-state index contributed by atoms with van der Waals surface area (Å²) in [6.45, 7) is 0. The summed E-state index contributed by atoms with van der Waals surface area (Å²) in [7, 11) is 0. The van der Waals surface area contributed by atoms with E-state index < -0.39 is 5.01 Å². The molecule has 18 heavy (non-hydrogen) atoms. The monoisotopic (exact) mass is 309 g/mol. The smallest absolute Gasteiger partial charge is 0.126 e. The van der Waals surface area contributed by atoms with Gasteiger partial charge in [-0.2, -0.15) is 0 Å². The van der Waals surface area contributed by atoms with Gasteiger partial charge in [-0.1, -0.05) is 65.5 Å². The molecule has 1 unspecified atom stereocenters. The van der Waals surface area contributed by atoms with Crippen molar-refractivity contribution in [3.8, 4) is 0 Å². The van der Waals surface area contributed by atoms with Crippen molar-refractivity contribution in [2.24, 2.45) is 0 Å². The van der Waals surface area contributed by atoms with Crippen LogP contribution in [0.4, 0.5) is 0 Å². The summed E-state index contributed by atoms with van der Waals surface area (Å²) in [6.07, 6.45) is 6.64. The number of hydrogen-bond donors (Lipinski definition) is 1. The van der Waals surface area contributed by atoms with Crippen LogP contribution in [0.3, 0.4) is 0 Å². The molecule has 0 bridgehead atoms. The van der Waals surface area contributed by atoms with Crippen LogP contribution in [0.1, 0.15) is 43.7 Å². The highest BCUT2D eigenvalue weighted by Crippen LogP contribution is 2.50. The first kappa shape index (κ1) is 12.6. The van der Waals surface area contributed by atoms with E-state index in [9.17, 15) is 5.11 Å². The maximum atomic E-state index is 9.90. The van der Waals surface area contributed by atoms with Crippen molar-refractivity contribution < 1.29 is 5.11 Å². The Kier molecular flexibility index (Phi) is 3.73. The Labute approximate surface area is 117 Å². The molecule has 1 N–H and O–H groups in total. The summed E-state index contributed by atoms with van der Waals surface area (Å²) in [5.41, 5.74) is 1.34. The lowest BCUT2D eigenvalue weighted by molar-refractivity contribution is 0.210. The van der Waals surface area contributed by atoms with Gasteiger partial charge < -0.3 is 5.11 Å². The van der Waals surface area contributed by atoms with Gasteiger partial charge in [0.1, 0.15) is 5.01 Å². The van der Waals surface area contributed by atoms with Gasteiger partial charge in [-0.15, -0.1) is 0 Å². The lowest BCUT2D eigenvalue weighted by Gasteiger charge is -2.24. The van der Waals surface area contributed by atoms with Gasteiger partial charge in [-0.3, -0.25) is 4.90 Å². The van der Waals surface area contributed by atoms with Crippen molar-refractivity contribution in [2.45, 2.75) is 55.2 Å². The molecule has 1 aromatic carbocycles. The number of halogens is 1. The molecule has 2 nitrogen and oxygen atoms in total. The number of nitrogens with zero attached hydrogens (tertiary/aromatic N) is 1. The molecule has 1 aliphatic heterocycles. The van der Waals surface area contributed by atoms with Crippen LogP contribution in [0.5, 0.6) is 0 Å². The third-order valence-electron chi connectivity index (χ3n) is 4.32. The lowest BCUT2D eigenvalue weighted by Crippen LogP contribution is -2.26. The van der Waals surface area contributed by atoms with Crippen LogP contribution in [0.25, 0.3) is 0 Å². The molecule has 0 radical (unpaired) electrons. The molecule has 1 saturated heterocycles. The van der Waals surface area contributed by atoms with Gasteiger partial charge in [0.05, 0.1) is 12.1 Å². The molecule has 0 amide bonds. The standard InChI is InChI=1S/C15H20BrNO/c16-15(18)14-13(11-7-3-1-4-8-11)17(14)12-9-5-2-6-10-12/h1,3-4,7-8,12-15,18H,2,5-6,9-10H2/t13-,14+,15-,17?/m1/s1. The predicted octanol–water partition coefficient (Wildman–Crippen LogP) is 3.46. The highest BCUT2D eigenvalue weighted by atomic mass is 79.9.